The van der Waals surface area contributed by atoms with Crippen molar-refractivity contribution in [1.82, 2.24) is 10.6 Å². The number of carbonyl (C=O) groups excluding carboxylic acids is 2. The molecule has 5 nitrogen and oxygen atoms in total. The number of rotatable bonds is 8. The van der Waals surface area contributed by atoms with Gasteiger partial charge in [-0.05, 0) is 49.3 Å². The van der Waals surface area contributed by atoms with Crippen LogP contribution in [0.1, 0.15) is 44.1 Å². The van der Waals surface area contributed by atoms with Crippen molar-refractivity contribution in [2.45, 2.75) is 66.7 Å². The largest absolute Gasteiger partial charge is 0.394 e. The lowest BCUT2D eigenvalue weighted by atomic mass is 9.80. The van der Waals surface area contributed by atoms with Crippen LogP contribution in [0.25, 0.3) is 0 Å². The SMILES string of the molecule is CSCC[C@@H](CO)NC(=O)C1(NC(=O)C2Cc3ccccc3S2)CCCCC1. The van der Waals surface area contributed by atoms with E-state index in [1.807, 2.05) is 24.5 Å². The Labute approximate surface area is 175 Å². The normalized spacial score (nSPS) is 21.6. The van der Waals surface area contributed by atoms with Gasteiger partial charge in [0.1, 0.15) is 5.54 Å². The lowest BCUT2D eigenvalue weighted by Gasteiger charge is -2.38. The first-order valence-electron chi connectivity index (χ1n) is 10.1. The molecule has 1 aliphatic heterocycles. The van der Waals surface area contributed by atoms with E-state index in [-0.39, 0.29) is 29.7 Å². The van der Waals surface area contributed by atoms with Crippen LogP contribution in [0, 0.1) is 0 Å². The van der Waals surface area contributed by atoms with Crippen LogP contribution in [0.5, 0.6) is 0 Å². The van der Waals surface area contributed by atoms with Crippen LogP contribution < -0.4 is 10.6 Å². The van der Waals surface area contributed by atoms with Gasteiger partial charge in [-0.15, -0.1) is 11.8 Å². The van der Waals surface area contributed by atoms with E-state index in [0.717, 1.165) is 36.3 Å². The second kappa shape index (κ2) is 10.0. The summed E-state index contributed by atoms with van der Waals surface area (Å²) < 4.78 is 0. The molecule has 0 radical (unpaired) electrons. The molecule has 154 valence electrons. The number of aliphatic hydroxyl groups is 1. The van der Waals surface area contributed by atoms with Crippen molar-refractivity contribution in [2.75, 3.05) is 18.6 Å². The van der Waals surface area contributed by atoms with Gasteiger partial charge in [0.25, 0.3) is 0 Å². The summed E-state index contributed by atoms with van der Waals surface area (Å²) in [5, 5.41) is 15.6. The monoisotopic (exact) mass is 422 g/mol. The quantitative estimate of drug-likeness (QED) is 0.600. The molecule has 1 aliphatic carbocycles. The van der Waals surface area contributed by atoms with Crippen LogP contribution in [-0.2, 0) is 16.0 Å². The Balaban J connectivity index is 1.67. The average molecular weight is 423 g/mol. The summed E-state index contributed by atoms with van der Waals surface area (Å²) >= 11 is 3.28. The Hall–Kier alpha value is -1.18. The van der Waals surface area contributed by atoms with E-state index in [9.17, 15) is 14.7 Å². The summed E-state index contributed by atoms with van der Waals surface area (Å²) in [4.78, 5) is 27.4. The second-order valence-corrected chi connectivity index (χ2v) is 9.91. The van der Waals surface area contributed by atoms with Gasteiger partial charge < -0.3 is 15.7 Å². The number of nitrogens with one attached hydrogen (secondary N) is 2. The zero-order valence-electron chi connectivity index (χ0n) is 16.4. The van der Waals surface area contributed by atoms with Crippen LogP contribution in [0.2, 0.25) is 0 Å². The molecule has 1 fully saturated rings. The van der Waals surface area contributed by atoms with Gasteiger partial charge in [-0.3, -0.25) is 9.59 Å². The summed E-state index contributed by atoms with van der Waals surface area (Å²) in [7, 11) is 0. The topological polar surface area (TPSA) is 78.4 Å². The molecule has 1 unspecified atom stereocenters. The standard InChI is InChI=1S/C21H30N2O3S2/c1-27-12-9-16(14-24)22-20(26)21(10-5-2-6-11-21)23-19(25)18-13-15-7-3-4-8-17(15)28-18/h3-4,7-8,16,18,24H,2,5-6,9-14H2,1H3,(H,22,26)(H,23,25)/t16-,18?/m0/s1. The fourth-order valence-electron chi connectivity index (χ4n) is 4.00. The third kappa shape index (κ3) is 5.05. The molecule has 0 aromatic heterocycles. The van der Waals surface area contributed by atoms with Gasteiger partial charge in [0.2, 0.25) is 11.8 Å². The van der Waals surface area contributed by atoms with Crippen LogP contribution in [0.3, 0.4) is 0 Å². The highest BCUT2D eigenvalue weighted by molar-refractivity contribution is 8.01. The highest BCUT2D eigenvalue weighted by atomic mass is 32.2. The molecule has 2 amide bonds. The van der Waals surface area contributed by atoms with E-state index in [0.29, 0.717) is 19.3 Å². The first kappa shape index (κ1) is 21.5. The predicted molar refractivity (Wildman–Crippen MR) is 116 cm³/mol. The maximum Gasteiger partial charge on any atom is 0.246 e. The molecule has 3 N–H and O–H groups in total. The first-order chi connectivity index (χ1) is 13.6. The lowest BCUT2D eigenvalue weighted by molar-refractivity contribution is -0.135. The Kier molecular flexibility index (Phi) is 7.71. The van der Waals surface area contributed by atoms with E-state index in [1.54, 1.807) is 23.5 Å². The molecule has 1 aromatic rings. The number of amides is 2. The number of thioether (sulfide) groups is 2. The number of benzene rings is 1. The van der Waals surface area contributed by atoms with Crippen LogP contribution in [0.4, 0.5) is 0 Å². The second-order valence-electron chi connectivity index (χ2n) is 7.68. The van der Waals surface area contributed by atoms with Gasteiger partial charge in [-0.25, -0.2) is 0 Å². The maximum atomic E-state index is 13.2. The third-order valence-electron chi connectivity index (χ3n) is 5.67. The van der Waals surface area contributed by atoms with Crippen molar-refractivity contribution in [3.05, 3.63) is 29.8 Å². The minimum absolute atomic E-state index is 0.0529. The van der Waals surface area contributed by atoms with Gasteiger partial charge in [-0.2, -0.15) is 11.8 Å². The van der Waals surface area contributed by atoms with Crippen molar-refractivity contribution in [1.29, 1.82) is 0 Å². The number of aliphatic hydroxyl groups excluding tert-OH is 1. The summed E-state index contributed by atoms with van der Waals surface area (Å²) in [5.74, 6) is 0.686. The molecule has 0 bridgehead atoms. The van der Waals surface area contributed by atoms with E-state index < -0.39 is 5.54 Å². The number of fused-ring (bicyclic) bond motifs is 1. The number of carbonyl (C=O) groups is 2. The Morgan fingerprint density at radius 1 is 1.29 bits per heavy atom. The van der Waals surface area contributed by atoms with Gasteiger partial charge in [0.15, 0.2) is 0 Å². The fourth-order valence-corrected chi connectivity index (χ4v) is 5.72. The van der Waals surface area contributed by atoms with Crippen LogP contribution >= 0.6 is 23.5 Å². The van der Waals surface area contributed by atoms with Gasteiger partial charge in [-0.1, -0.05) is 37.5 Å². The molecule has 1 heterocycles. The predicted octanol–water partition coefficient (Wildman–Crippen LogP) is 2.75. The molecular weight excluding hydrogens is 392 g/mol. The smallest absolute Gasteiger partial charge is 0.246 e. The summed E-state index contributed by atoms with van der Waals surface area (Å²) in [6.07, 6.45) is 7.71. The van der Waals surface area contributed by atoms with Gasteiger partial charge in [0, 0.05) is 4.90 Å². The van der Waals surface area contributed by atoms with E-state index >= 15 is 0 Å². The number of hydrogen-bond acceptors (Lipinski definition) is 5. The van der Waals surface area contributed by atoms with E-state index in [4.69, 9.17) is 0 Å². The summed E-state index contributed by atoms with van der Waals surface area (Å²) in [6, 6.07) is 7.84. The van der Waals surface area contributed by atoms with Crippen molar-refractivity contribution >= 4 is 35.3 Å². The Bertz CT molecular complexity index is 667. The highest BCUT2D eigenvalue weighted by Crippen LogP contribution is 2.38. The molecular formula is C21H30N2O3S2. The highest BCUT2D eigenvalue weighted by Gasteiger charge is 2.43. The lowest BCUT2D eigenvalue weighted by Crippen LogP contribution is -2.62. The van der Waals surface area contributed by atoms with Crippen molar-refractivity contribution in [3.8, 4) is 0 Å². The molecule has 0 saturated heterocycles. The molecule has 3 rings (SSSR count). The van der Waals surface area contributed by atoms with E-state index in [1.165, 1.54) is 5.56 Å². The van der Waals surface area contributed by atoms with Crippen molar-refractivity contribution in [3.63, 3.8) is 0 Å². The molecule has 28 heavy (non-hydrogen) atoms. The molecule has 1 aromatic carbocycles. The Morgan fingerprint density at radius 3 is 2.71 bits per heavy atom. The van der Waals surface area contributed by atoms with Crippen LogP contribution in [-0.4, -0.2) is 52.4 Å². The third-order valence-corrected chi connectivity index (χ3v) is 7.63. The van der Waals surface area contributed by atoms with Crippen molar-refractivity contribution in [2.24, 2.45) is 0 Å². The maximum absolute atomic E-state index is 13.2. The molecule has 2 aliphatic rings. The van der Waals surface area contributed by atoms with Gasteiger partial charge >= 0.3 is 0 Å². The summed E-state index contributed by atoms with van der Waals surface area (Å²) in [6.45, 7) is -0.0793. The van der Waals surface area contributed by atoms with Crippen molar-refractivity contribution < 1.29 is 14.7 Å². The zero-order valence-corrected chi connectivity index (χ0v) is 18.0. The number of hydrogen-bond donors (Lipinski definition) is 3. The van der Waals surface area contributed by atoms with E-state index in [2.05, 4.69) is 16.7 Å². The zero-order chi connectivity index (χ0) is 20.0. The molecule has 2 atom stereocenters. The minimum atomic E-state index is -0.850. The molecule has 0 spiro atoms. The summed E-state index contributed by atoms with van der Waals surface area (Å²) in [5.41, 5.74) is 0.351. The van der Waals surface area contributed by atoms with Crippen LogP contribution in [0.15, 0.2) is 29.2 Å². The minimum Gasteiger partial charge on any atom is -0.394 e. The molecule has 7 heteroatoms. The molecule has 1 saturated carbocycles. The van der Waals surface area contributed by atoms with Gasteiger partial charge in [0.05, 0.1) is 17.9 Å². The Morgan fingerprint density at radius 2 is 2.04 bits per heavy atom. The first-order valence-corrected chi connectivity index (χ1v) is 12.3. The fraction of sp³-hybridized carbons (Fsp3) is 0.619. The average Bonchev–Trinajstić information content (AvgIpc) is 3.16.